The summed E-state index contributed by atoms with van der Waals surface area (Å²) < 4.78 is 17.0. The number of aromatic nitrogens is 1. The third-order valence-electron chi connectivity index (χ3n) is 6.03. The van der Waals surface area contributed by atoms with Gasteiger partial charge in [0.2, 0.25) is 5.43 Å². The Bertz CT molecular complexity index is 1000. The molecule has 2 N–H and O–H groups in total. The molecule has 0 amide bonds. The summed E-state index contributed by atoms with van der Waals surface area (Å²) in [4.78, 5) is 26.1. The van der Waals surface area contributed by atoms with Crippen LogP contribution in [0.5, 0.6) is 0 Å². The predicted molar refractivity (Wildman–Crippen MR) is 100 cm³/mol. The lowest BCUT2D eigenvalue weighted by molar-refractivity contribution is 0.0694. The molecule has 2 aliphatic rings. The van der Waals surface area contributed by atoms with E-state index in [0.717, 1.165) is 12.0 Å². The van der Waals surface area contributed by atoms with E-state index in [1.165, 1.54) is 12.3 Å². The number of nitrogens with zero attached hydrogens (tertiary/aromatic N) is 2. The standard InChI is InChI=1S/C20H23FN2O4/c1-10-8-22(6-5-16(10)24)18-12-4-3-11(2)23-9-14(20(26)27)19(25)13(17(12)23)7-15(18)21/h7,9-11,16,24H,3-6,8H2,1-2H3,(H,26,27)/t10-,11-,16-/m0/s1. The molecule has 144 valence electrons. The second kappa shape index (κ2) is 6.34. The van der Waals surface area contributed by atoms with Crippen molar-refractivity contribution in [2.75, 3.05) is 18.0 Å². The number of benzene rings is 1. The molecule has 0 aliphatic carbocycles. The number of pyridine rings is 1. The number of anilines is 1. The molecule has 3 atom stereocenters. The normalized spacial score (nSPS) is 25.0. The molecule has 2 aliphatic heterocycles. The number of halogens is 1. The Hall–Kier alpha value is -2.41. The third kappa shape index (κ3) is 2.72. The molecule has 0 saturated carbocycles. The van der Waals surface area contributed by atoms with E-state index in [9.17, 15) is 19.8 Å². The van der Waals surface area contributed by atoms with Gasteiger partial charge in [-0.2, -0.15) is 0 Å². The fraction of sp³-hybridized carbons (Fsp3) is 0.500. The molecule has 1 aromatic carbocycles. The average Bonchev–Trinajstić information content (AvgIpc) is 2.61. The molecule has 1 aromatic heterocycles. The molecule has 6 nitrogen and oxygen atoms in total. The Morgan fingerprint density at radius 3 is 2.70 bits per heavy atom. The molecule has 0 spiro atoms. The van der Waals surface area contributed by atoms with Crippen molar-refractivity contribution in [1.82, 2.24) is 4.57 Å². The van der Waals surface area contributed by atoms with Crippen LogP contribution in [-0.2, 0) is 6.42 Å². The number of aryl methyl sites for hydroxylation is 1. The lowest BCUT2D eigenvalue weighted by atomic mass is 9.91. The Morgan fingerprint density at radius 2 is 2.04 bits per heavy atom. The summed E-state index contributed by atoms with van der Waals surface area (Å²) >= 11 is 0. The van der Waals surface area contributed by atoms with Crippen LogP contribution in [0.25, 0.3) is 10.9 Å². The summed E-state index contributed by atoms with van der Waals surface area (Å²) in [5.74, 6) is -1.77. The van der Waals surface area contributed by atoms with E-state index in [-0.39, 0.29) is 22.9 Å². The van der Waals surface area contributed by atoms with Gasteiger partial charge in [-0.3, -0.25) is 4.79 Å². The Kier molecular flexibility index (Phi) is 4.22. The molecule has 0 unspecified atom stereocenters. The second-order valence-corrected chi connectivity index (χ2v) is 7.83. The highest BCUT2D eigenvalue weighted by molar-refractivity contribution is 5.95. The van der Waals surface area contributed by atoms with Gasteiger partial charge in [0, 0.05) is 36.3 Å². The number of rotatable bonds is 2. The minimum atomic E-state index is -1.30. The van der Waals surface area contributed by atoms with Gasteiger partial charge >= 0.3 is 5.97 Å². The van der Waals surface area contributed by atoms with Gasteiger partial charge in [-0.05, 0) is 38.2 Å². The van der Waals surface area contributed by atoms with Crippen LogP contribution in [0.4, 0.5) is 10.1 Å². The SMILES string of the molecule is C[C@H]1CN(c2c(F)cc3c(=O)c(C(=O)O)cn4c3c2CC[C@@H]4C)CC[C@@H]1O. The maximum absolute atomic E-state index is 15.1. The highest BCUT2D eigenvalue weighted by atomic mass is 19.1. The van der Waals surface area contributed by atoms with Crippen molar-refractivity contribution in [3.8, 4) is 0 Å². The van der Waals surface area contributed by atoms with Crippen LogP contribution in [0.3, 0.4) is 0 Å². The topological polar surface area (TPSA) is 82.8 Å². The number of aromatic carboxylic acids is 1. The van der Waals surface area contributed by atoms with Gasteiger partial charge in [0.1, 0.15) is 11.4 Å². The Balaban J connectivity index is 1.99. The summed E-state index contributed by atoms with van der Waals surface area (Å²) in [5, 5.41) is 19.5. The molecule has 1 saturated heterocycles. The zero-order valence-corrected chi connectivity index (χ0v) is 15.4. The fourth-order valence-electron chi connectivity index (χ4n) is 4.46. The van der Waals surface area contributed by atoms with Crippen molar-refractivity contribution >= 4 is 22.6 Å². The summed E-state index contributed by atoms with van der Waals surface area (Å²) in [5.41, 5.74) is 0.921. The third-order valence-corrected chi connectivity index (χ3v) is 6.03. The lowest BCUT2D eigenvalue weighted by Gasteiger charge is -2.38. The number of aliphatic hydroxyl groups is 1. The highest BCUT2D eigenvalue weighted by Crippen LogP contribution is 2.39. The maximum Gasteiger partial charge on any atom is 0.341 e. The predicted octanol–water partition coefficient (Wildman–Crippen LogP) is 2.55. The van der Waals surface area contributed by atoms with E-state index < -0.39 is 23.3 Å². The number of carboxylic acid groups (broad SMARTS) is 1. The van der Waals surface area contributed by atoms with Crippen LogP contribution in [0.15, 0.2) is 17.1 Å². The van der Waals surface area contributed by atoms with Gasteiger partial charge < -0.3 is 19.7 Å². The largest absolute Gasteiger partial charge is 0.477 e. The van der Waals surface area contributed by atoms with E-state index in [1.807, 2.05) is 23.3 Å². The van der Waals surface area contributed by atoms with E-state index in [4.69, 9.17) is 0 Å². The van der Waals surface area contributed by atoms with Crippen LogP contribution in [0.1, 0.15) is 48.7 Å². The number of hydrogen-bond donors (Lipinski definition) is 2. The quantitative estimate of drug-likeness (QED) is 0.844. The zero-order valence-electron chi connectivity index (χ0n) is 15.4. The first-order chi connectivity index (χ1) is 12.8. The number of hydrogen-bond acceptors (Lipinski definition) is 4. The molecule has 0 bridgehead atoms. The zero-order chi connectivity index (χ0) is 19.5. The Morgan fingerprint density at radius 1 is 1.30 bits per heavy atom. The fourth-order valence-corrected chi connectivity index (χ4v) is 4.46. The van der Waals surface area contributed by atoms with Crippen LogP contribution >= 0.6 is 0 Å². The van der Waals surface area contributed by atoms with Crippen molar-refractivity contribution in [3.05, 3.63) is 39.4 Å². The van der Waals surface area contributed by atoms with E-state index >= 15 is 4.39 Å². The molecule has 0 radical (unpaired) electrons. The first kappa shape index (κ1) is 18.0. The number of piperidine rings is 1. The highest BCUT2D eigenvalue weighted by Gasteiger charge is 2.31. The minimum Gasteiger partial charge on any atom is -0.477 e. The number of carboxylic acids is 1. The van der Waals surface area contributed by atoms with Crippen LogP contribution < -0.4 is 10.3 Å². The van der Waals surface area contributed by atoms with Gasteiger partial charge in [-0.25, -0.2) is 9.18 Å². The van der Waals surface area contributed by atoms with Gasteiger partial charge in [0.15, 0.2) is 0 Å². The number of aliphatic hydroxyl groups excluding tert-OH is 1. The van der Waals surface area contributed by atoms with Crippen LogP contribution in [0.2, 0.25) is 0 Å². The first-order valence-electron chi connectivity index (χ1n) is 9.36. The molecule has 2 aromatic rings. The molecule has 7 heteroatoms. The van der Waals surface area contributed by atoms with Gasteiger partial charge in [-0.15, -0.1) is 0 Å². The molecule has 27 heavy (non-hydrogen) atoms. The van der Waals surface area contributed by atoms with Crippen LogP contribution in [-0.4, -0.2) is 39.9 Å². The monoisotopic (exact) mass is 374 g/mol. The van der Waals surface area contributed by atoms with E-state index in [0.29, 0.717) is 37.1 Å². The molecular formula is C20H23FN2O4. The van der Waals surface area contributed by atoms with Gasteiger partial charge in [0.05, 0.1) is 17.3 Å². The lowest BCUT2D eigenvalue weighted by Crippen LogP contribution is -2.43. The average molecular weight is 374 g/mol. The summed E-state index contributed by atoms with van der Waals surface area (Å²) in [7, 11) is 0. The number of carbonyl (C=O) groups is 1. The van der Waals surface area contributed by atoms with Crippen LogP contribution in [0, 0.1) is 11.7 Å². The smallest absolute Gasteiger partial charge is 0.341 e. The molecule has 1 fully saturated rings. The second-order valence-electron chi connectivity index (χ2n) is 7.83. The summed E-state index contributed by atoms with van der Waals surface area (Å²) in [6.45, 7) is 5.01. The van der Waals surface area contributed by atoms with Crippen molar-refractivity contribution in [2.24, 2.45) is 5.92 Å². The Labute approximate surface area is 155 Å². The van der Waals surface area contributed by atoms with Crippen molar-refractivity contribution in [1.29, 1.82) is 0 Å². The molecular weight excluding hydrogens is 351 g/mol. The maximum atomic E-state index is 15.1. The molecule has 3 heterocycles. The molecule has 4 rings (SSSR count). The first-order valence-corrected chi connectivity index (χ1v) is 9.36. The summed E-state index contributed by atoms with van der Waals surface area (Å²) in [6, 6.07) is 1.21. The van der Waals surface area contributed by atoms with E-state index in [2.05, 4.69) is 0 Å². The van der Waals surface area contributed by atoms with Gasteiger partial charge in [0.25, 0.3) is 0 Å². The van der Waals surface area contributed by atoms with Crippen molar-refractivity contribution in [2.45, 2.75) is 45.3 Å². The van der Waals surface area contributed by atoms with Gasteiger partial charge in [-0.1, -0.05) is 6.92 Å². The summed E-state index contributed by atoms with van der Waals surface area (Å²) in [6.07, 6.45) is 2.94. The van der Waals surface area contributed by atoms with Crippen molar-refractivity contribution < 1.29 is 19.4 Å². The van der Waals surface area contributed by atoms with Crippen molar-refractivity contribution in [3.63, 3.8) is 0 Å². The van der Waals surface area contributed by atoms with E-state index in [1.54, 1.807) is 0 Å². The minimum absolute atomic E-state index is 0.0270.